The first-order valence-electron chi connectivity index (χ1n) is 11.3. The van der Waals surface area contributed by atoms with E-state index in [2.05, 4.69) is 45.1 Å². The van der Waals surface area contributed by atoms with E-state index in [0.29, 0.717) is 17.4 Å². The molecule has 0 amide bonds. The summed E-state index contributed by atoms with van der Waals surface area (Å²) in [6.45, 7) is 10.5. The summed E-state index contributed by atoms with van der Waals surface area (Å²) in [6.07, 6.45) is 3.65. The van der Waals surface area contributed by atoms with Crippen molar-refractivity contribution >= 4 is 0 Å². The maximum atomic E-state index is 10.3. The molecule has 2 aliphatic carbocycles. The molecule has 2 N–H and O–H groups in total. The number of nitrogens with zero attached hydrogens (tertiary/aromatic N) is 3. The van der Waals surface area contributed by atoms with Gasteiger partial charge in [-0.25, -0.2) is 0 Å². The minimum Gasteiger partial charge on any atom is -0.493 e. The highest BCUT2D eigenvalue weighted by atomic mass is 16.5. The molecule has 1 aromatic rings. The summed E-state index contributed by atoms with van der Waals surface area (Å²) in [7, 11) is 1.57. The number of allylic oxidation sites excluding steroid dienone is 4. The van der Waals surface area contributed by atoms with Crippen molar-refractivity contribution in [3.8, 4) is 29.7 Å². The molecule has 0 fully saturated rings. The van der Waals surface area contributed by atoms with Gasteiger partial charge in [0, 0.05) is 5.92 Å². The number of benzene rings is 1. The molecule has 3 rings (SSSR count). The third-order valence-electron chi connectivity index (χ3n) is 7.01. The van der Waals surface area contributed by atoms with Crippen molar-refractivity contribution < 1.29 is 9.47 Å². The summed E-state index contributed by atoms with van der Waals surface area (Å²) in [4.78, 5) is 0. The van der Waals surface area contributed by atoms with Crippen molar-refractivity contribution in [3.63, 3.8) is 0 Å². The average molecular weight is 445 g/mol. The van der Waals surface area contributed by atoms with E-state index >= 15 is 0 Å². The van der Waals surface area contributed by atoms with E-state index in [4.69, 9.17) is 15.2 Å². The lowest BCUT2D eigenvalue weighted by Crippen LogP contribution is -2.44. The highest BCUT2D eigenvalue weighted by molar-refractivity contribution is 5.60. The third kappa shape index (κ3) is 4.05. The van der Waals surface area contributed by atoms with Gasteiger partial charge in [-0.15, -0.1) is 0 Å². The van der Waals surface area contributed by atoms with Gasteiger partial charge in [-0.1, -0.05) is 32.9 Å². The highest BCUT2D eigenvalue weighted by Gasteiger charge is 2.55. The molecule has 0 unspecified atom stereocenters. The Hall–Kier alpha value is -3.43. The molecular formula is C27H32N4O2. The van der Waals surface area contributed by atoms with Gasteiger partial charge < -0.3 is 15.2 Å². The van der Waals surface area contributed by atoms with Crippen LogP contribution >= 0.6 is 0 Å². The number of rotatable bonds is 4. The highest BCUT2D eigenvalue weighted by Crippen LogP contribution is 2.58. The number of ether oxygens (including phenoxy) is 2. The van der Waals surface area contributed by atoms with Crippen LogP contribution in [0.5, 0.6) is 11.5 Å². The monoisotopic (exact) mass is 444 g/mol. The van der Waals surface area contributed by atoms with Gasteiger partial charge in [-0.05, 0) is 67.2 Å². The lowest BCUT2D eigenvalue weighted by molar-refractivity contribution is 0.170. The van der Waals surface area contributed by atoms with E-state index in [-0.39, 0.29) is 28.7 Å². The molecule has 6 heteroatoms. The minimum atomic E-state index is -1.65. The fourth-order valence-electron chi connectivity index (χ4n) is 5.20. The summed E-state index contributed by atoms with van der Waals surface area (Å²) in [6, 6.07) is 12.2. The van der Waals surface area contributed by atoms with Crippen LogP contribution in [0.25, 0.3) is 0 Å². The Bertz CT molecular complexity index is 1100. The molecule has 33 heavy (non-hydrogen) atoms. The van der Waals surface area contributed by atoms with Crippen molar-refractivity contribution in [2.75, 3.05) is 7.11 Å². The van der Waals surface area contributed by atoms with Crippen LogP contribution in [0.4, 0.5) is 0 Å². The van der Waals surface area contributed by atoms with Crippen LogP contribution in [0.2, 0.25) is 0 Å². The van der Waals surface area contributed by atoms with Gasteiger partial charge in [-0.2, -0.15) is 15.8 Å². The van der Waals surface area contributed by atoms with Crippen LogP contribution in [0.3, 0.4) is 0 Å². The normalized spacial score (nSPS) is 24.1. The van der Waals surface area contributed by atoms with Gasteiger partial charge in [0.05, 0.1) is 36.6 Å². The van der Waals surface area contributed by atoms with Crippen molar-refractivity contribution in [2.24, 2.45) is 28.4 Å². The van der Waals surface area contributed by atoms with Crippen LogP contribution in [-0.2, 0) is 0 Å². The predicted molar refractivity (Wildman–Crippen MR) is 126 cm³/mol. The first-order valence-corrected chi connectivity index (χ1v) is 11.3. The van der Waals surface area contributed by atoms with Crippen molar-refractivity contribution in [2.45, 2.75) is 59.5 Å². The van der Waals surface area contributed by atoms with E-state index in [1.54, 1.807) is 7.11 Å². The zero-order valence-corrected chi connectivity index (χ0v) is 20.3. The summed E-state index contributed by atoms with van der Waals surface area (Å²) in [5.74, 6) is 0.746. The van der Waals surface area contributed by atoms with Gasteiger partial charge >= 0.3 is 0 Å². The van der Waals surface area contributed by atoms with Crippen LogP contribution in [0, 0.1) is 56.7 Å². The lowest BCUT2D eigenvalue weighted by atomic mass is 9.54. The number of methoxy groups -OCH3 is 1. The fraction of sp³-hybridized carbons (Fsp3) is 0.519. The maximum Gasteiger partial charge on any atom is 0.191 e. The van der Waals surface area contributed by atoms with E-state index in [9.17, 15) is 15.8 Å². The van der Waals surface area contributed by atoms with Gasteiger partial charge in [-0.3, -0.25) is 0 Å². The molecule has 1 aromatic carbocycles. The number of hydrogen-bond acceptors (Lipinski definition) is 6. The Kier molecular flexibility index (Phi) is 6.49. The topological polar surface area (TPSA) is 116 Å². The molecule has 6 nitrogen and oxygen atoms in total. The third-order valence-corrected chi connectivity index (χ3v) is 7.01. The molecule has 0 aromatic heterocycles. The number of nitriles is 3. The van der Waals surface area contributed by atoms with Crippen LogP contribution in [-0.4, -0.2) is 13.2 Å². The molecule has 0 radical (unpaired) electrons. The molecule has 0 aliphatic heterocycles. The maximum absolute atomic E-state index is 10.3. The minimum absolute atomic E-state index is 0.0334. The standard InChI is InChI=1S/C27H32N4O2/c1-16(2)33-22-10-7-17(11-23(22)32-6)24-20-12-18(26(3,4)5)8-9-19(20)21(13-28)25(31)27(24,14-29)15-30/h7,9-11,16,18,20,24H,8,12,31H2,1-6H3/t18-,20+,24+/m0/s1. The molecule has 0 saturated carbocycles. The zero-order chi connectivity index (χ0) is 24.6. The molecule has 0 saturated heterocycles. The number of fused-ring (bicyclic) bond motifs is 1. The van der Waals surface area contributed by atoms with E-state index in [0.717, 1.165) is 24.0 Å². The first-order chi connectivity index (χ1) is 15.5. The predicted octanol–water partition coefficient (Wildman–Crippen LogP) is 5.35. The number of hydrogen-bond donors (Lipinski definition) is 1. The van der Waals surface area contributed by atoms with Gasteiger partial charge in [0.2, 0.25) is 0 Å². The van der Waals surface area contributed by atoms with Crippen molar-refractivity contribution in [1.82, 2.24) is 0 Å². The summed E-state index contributed by atoms with van der Waals surface area (Å²) in [5, 5.41) is 30.5. The van der Waals surface area contributed by atoms with Crippen LogP contribution < -0.4 is 15.2 Å². The Morgan fingerprint density at radius 3 is 2.30 bits per heavy atom. The Morgan fingerprint density at radius 2 is 1.79 bits per heavy atom. The van der Waals surface area contributed by atoms with E-state index < -0.39 is 11.3 Å². The molecule has 0 spiro atoms. The smallest absolute Gasteiger partial charge is 0.191 e. The molecule has 172 valence electrons. The van der Waals surface area contributed by atoms with Gasteiger partial charge in [0.15, 0.2) is 16.9 Å². The van der Waals surface area contributed by atoms with E-state index in [1.165, 1.54) is 0 Å². The average Bonchev–Trinajstić information content (AvgIpc) is 2.77. The quantitative estimate of drug-likeness (QED) is 0.669. The second kappa shape index (κ2) is 8.84. The zero-order valence-electron chi connectivity index (χ0n) is 20.3. The van der Waals surface area contributed by atoms with Crippen LogP contribution in [0.15, 0.2) is 41.1 Å². The van der Waals surface area contributed by atoms with Gasteiger partial charge in [0.1, 0.15) is 6.07 Å². The fourth-order valence-corrected chi connectivity index (χ4v) is 5.20. The van der Waals surface area contributed by atoms with Crippen molar-refractivity contribution in [3.05, 3.63) is 46.7 Å². The largest absolute Gasteiger partial charge is 0.493 e. The molecular weight excluding hydrogens is 412 g/mol. The Labute approximate surface area is 196 Å². The summed E-state index contributed by atoms with van der Waals surface area (Å²) < 4.78 is 11.5. The first kappa shape index (κ1) is 24.2. The summed E-state index contributed by atoms with van der Waals surface area (Å²) >= 11 is 0. The second-order valence-corrected chi connectivity index (χ2v) is 10.3. The number of nitrogens with two attached hydrogens (primary N) is 1. The van der Waals surface area contributed by atoms with Crippen LogP contribution in [0.1, 0.15) is 58.9 Å². The molecule has 0 heterocycles. The van der Waals surface area contributed by atoms with Gasteiger partial charge in [0.25, 0.3) is 0 Å². The van der Waals surface area contributed by atoms with Crippen molar-refractivity contribution in [1.29, 1.82) is 15.8 Å². The SMILES string of the molecule is COc1cc([C@@H]2[C@@H]3C[C@@H](C(C)(C)C)CC=C3C(C#N)=C(N)C2(C#N)C#N)ccc1OC(C)C. The summed E-state index contributed by atoms with van der Waals surface area (Å²) in [5.41, 5.74) is 6.76. The lowest BCUT2D eigenvalue weighted by Gasteiger charge is -2.47. The van der Waals surface area contributed by atoms with E-state index in [1.807, 2.05) is 32.0 Å². The second-order valence-electron chi connectivity index (χ2n) is 10.3. The molecule has 0 bridgehead atoms. The molecule has 3 atom stereocenters. The Balaban J connectivity index is 2.27. The molecule has 2 aliphatic rings. The Morgan fingerprint density at radius 1 is 1.12 bits per heavy atom.